The molecule has 0 bridgehead atoms. The molecule has 7 heteroatoms. The lowest BCUT2D eigenvalue weighted by Gasteiger charge is -2.18. The van der Waals surface area contributed by atoms with Crippen LogP contribution in [0.4, 0.5) is 5.69 Å². The van der Waals surface area contributed by atoms with Crippen LogP contribution in [0.25, 0.3) is 0 Å². The van der Waals surface area contributed by atoms with Crippen molar-refractivity contribution >= 4 is 33.0 Å². The predicted octanol–water partition coefficient (Wildman–Crippen LogP) is 3.71. The van der Waals surface area contributed by atoms with Crippen molar-refractivity contribution in [2.24, 2.45) is 0 Å². The number of benzene rings is 2. The highest BCUT2D eigenvalue weighted by atomic mass is 32.2. The molecule has 1 heterocycles. The topological polar surface area (TPSA) is 75.3 Å². The normalized spacial score (nSPS) is 12.5. The fraction of sp³-hybridized carbons (Fsp3) is 0.105. The molecule has 0 saturated heterocycles. The van der Waals surface area contributed by atoms with Gasteiger partial charge in [0.05, 0.1) is 0 Å². The second-order valence-electron chi connectivity index (χ2n) is 5.75. The third kappa shape index (κ3) is 4.37. The minimum atomic E-state index is -3.80. The molecule has 0 spiro atoms. The molecule has 2 N–H and O–H groups in total. The smallest absolute Gasteiger partial charge is 0.251 e. The maximum Gasteiger partial charge on any atom is 0.251 e. The van der Waals surface area contributed by atoms with E-state index in [4.69, 9.17) is 0 Å². The first-order valence-corrected chi connectivity index (χ1v) is 10.3. The summed E-state index contributed by atoms with van der Waals surface area (Å²) >= 11 is 1.10. The van der Waals surface area contributed by atoms with Crippen LogP contribution in [-0.2, 0) is 14.8 Å². The average molecular weight is 386 g/mol. The van der Waals surface area contributed by atoms with E-state index in [0.717, 1.165) is 16.9 Å². The van der Waals surface area contributed by atoms with Crippen LogP contribution in [0.15, 0.2) is 76.3 Å². The molecule has 3 aromatic rings. The molecule has 1 amide bonds. The summed E-state index contributed by atoms with van der Waals surface area (Å²) < 4.78 is 27.9. The van der Waals surface area contributed by atoms with Gasteiger partial charge in [-0.3, -0.25) is 4.79 Å². The lowest BCUT2D eigenvalue weighted by molar-refractivity contribution is -0.117. The highest BCUT2D eigenvalue weighted by Crippen LogP contribution is 2.22. The Labute approximate surface area is 156 Å². The first kappa shape index (κ1) is 18.3. The maximum absolute atomic E-state index is 12.8. The van der Waals surface area contributed by atoms with Crippen LogP contribution in [0.2, 0.25) is 0 Å². The van der Waals surface area contributed by atoms with Gasteiger partial charge in [0.2, 0.25) is 5.91 Å². The minimum absolute atomic E-state index is 0.168. The van der Waals surface area contributed by atoms with Crippen LogP contribution in [0.3, 0.4) is 0 Å². The summed E-state index contributed by atoms with van der Waals surface area (Å²) in [6, 6.07) is 18.2. The molecule has 134 valence electrons. The Morgan fingerprint density at radius 1 is 0.962 bits per heavy atom. The van der Waals surface area contributed by atoms with Gasteiger partial charge in [-0.05, 0) is 36.1 Å². The highest BCUT2D eigenvalue weighted by molar-refractivity contribution is 7.91. The molecule has 1 unspecified atom stereocenters. The molecular formula is C19H18N2O3S2. The Balaban J connectivity index is 1.88. The first-order valence-electron chi connectivity index (χ1n) is 7.94. The molecule has 0 aliphatic carbocycles. The fourth-order valence-corrected chi connectivity index (χ4v) is 4.59. The zero-order valence-corrected chi connectivity index (χ0v) is 15.7. The van der Waals surface area contributed by atoms with Crippen molar-refractivity contribution in [2.75, 3.05) is 5.32 Å². The lowest BCUT2D eigenvalue weighted by Crippen LogP contribution is -2.36. The number of thiophene rings is 1. The van der Waals surface area contributed by atoms with Gasteiger partial charge in [0.1, 0.15) is 10.3 Å². The summed E-state index contributed by atoms with van der Waals surface area (Å²) in [5.74, 6) is -0.444. The van der Waals surface area contributed by atoms with Crippen LogP contribution in [0.1, 0.15) is 17.2 Å². The van der Waals surface area contributed by atoms with Crippen LogP contribution in [0, 0.1) is 6.92 Å². The van der Waals surface area contributed by atoms with Crippen LogP contribution >= 0.6 is 11.3 Å². The van der Waals surface area contributed by atoms with Gasteiger partial charge >= 0.3 is 0 Å². The second kappa shape index (κ2) is 7.82. The first-order chi connectivity index (χ1) is 12.5. The van der Waals surface area contributed by atoms with Gasteiger partial charge in [0.15, 0.2) is 0 Å². The average Bonchev–Trinajstić information content (AvgIpc) is 3.18. The number of carbonyl (C=O) groups excluding carboxylic acids is 1. The van der Waals surface area contributed by atoms with Gasteiger partial charge in [0, 0.05) is 5.69 Å². The summed E-state index contributed by atoms with van der Waals surface area (Å²) in [5.41, 5.74) is 2.25. The van der Waals surface area contributed by atoms with Gasteiger partial charge in [-0.25, -0.2) is 8.42 Å². The number of anilines is 1. The molecule has 26 heavy (non-hydrogen) atoms. The lowest BCUT2D eigenvalue weighted by atomic mass is 10.1. The molecule has 1 atom stereocenters. The SMILES string of the molecule is Cc1ccc(NC(=O)C(NS(=O)(=O)c2cccs2)c2ccccc2)cc1. The summed E-state index contributed by atoms with van der Waals surface area (Å²) in [6.45, 7) is 1.95. The van der Waals surface area contributed by atoms with Crippen molar-refractivity contribution in [1.29, 1.82) is 0 Å². The number of amides is 1. The van der Waals surface area contributed by atoms with Gasteiger partial charge in [-0.2, -0.15) is 4.72 Å². The van der Waals surface area contributed by atoms with Gasteiger partial charge in [0.25, 0.3) is 10.0 Å². The van der Waals surface area contributed by atoms with Crippen molar-refractivity contribution in [3.8, 4) is 0 Å². The Hall–Kier alpha value is -2.48. The molecule has 0 aliphatic heterocycles. The van der Waals surface area contributed by atoms with E-state index in [-0.39, 0.29) is 4.21 Å². The number of hydrogen-bond acceptors (Lipinski definition) is 4. The number of carbonyl (C=O) groups is 1. The van der Waals surface area contributed by atoms with Crippen molar-refractivity contribution in [2.45, 2.75) is 17.2 Å². The van der Waals surface area contributed by atoms with E-state index in [9.17, 15) is 13.2 Å². The Bertz CT molecular complexity index is 967. The summed E-state index contributed by atoms with van der Waals surface area (Å²) in [4.78, 5) is 12.8. The molecule has 2 aromatic carbocycles. The van der Waals surface area contributed by atoms with E-state index in [1.807, 2.05) is 25.1 Å². The minimum Gasteiger partial charge on any atom is -0.324 e. The Morgan fingerprint density at radius 2 is 1.65 bits per heavy atom. The van der Waals surface area contributed by atoms with E-state index >= 15 is 0 Å². The maximum atomic E-state index is 12.8. The van der Waals surface area contributed by atoms with Gasteiger partial charge in [-0.1, -0.05) is 54.1 Å². The second-order valence-corrected chi connectivity index (χ2v) is 8.64. The van der Waals surface area contributed by atoms with E-state index in [0.29, 0.717) is 11.3 Å². The standard InChI is InChI=1S/C19H18N2O3S2/c1-14-9-11-16(12-10-14)20-19(22)18(15-6-3-2-4-7-15)21-26(23,24)17-8-5-13-25-17/h2-13,18,21H,1H3,(H,20,22). The summed E-state index contributed by atoms with van der Waals surface area (Å²) in [5, 5.41) is 4.45. The zero-order valence-electron chi connectivity index (χ0n) is 14.0. The molecule has 1 aromatic heterocycles. The van der Waals surface area contributed by atoms with Crippen molar-refractivity contribution < 1.29 is 13.2 Å². The molecule has 0 saturated carbocycles. The molecule has 5 nitrogen and oxygen atoms in total. The zero-order chi connectivity index (χ0) is 18.6. The summed E-state index contributed by atoms with van der Waals surface area (Å²) in [6.07, 6.45) is 0. The van der Waals surface area contributed by atoms with Crippen LogP contribution < -0.4 is 10.0 Å². The van der Waals surface area contributed by atoms with E-state index in [1.165, 1.54) is 6.07 Å². The number of rotatable bonds is 6. The number of hydrogen-bond donors (Lipinski definition) is 2. The van der Waals surface area contributed by atoms with Crippen LogP contribution in [-0.4, -0.2) is 14.3 Å². The largest absolute Gasteiger partial charge is 0.324 e. The molecule has 3 rings (SSSR count). The monoisotopic (exact) mass is 386 g/mol. The molecule has 0 radical (unpaired) electrons. The van der Waals surface area contributed by atoms with Gasteiger partial charge in [-0.15, -0.1) is 11.3 Å². The predicted molar refractivity (Wildman–Crippen MR) is 104 cm³/mol. The fourth-order valence-electron chi connectivity index (χ4n) is 2.40. The summed E-state index contributed by atoms with van der Waals surface area (Å²) in [7, 11) is -3.80. The van der Waals surface area contributed by atoms with Crippen molar-refractivity contribution in [3.05, 3.63) is 83.2 Å². The number of nitrogens with one attached hydrogen (secondary N) is 2. The molecular weight excluding hydrogens is 368 g/mol. The molecule has 0 aliphatic rings. The van der Waals surface area contributed by atoms with E-state index in [2.05, 4.69) is 10.0 Å². The van der Waals surface area contributed by atoms with E-state index in [1.54, 1.807) is 47.8 Å². The number of sulfonamides is 1. The third-order valence-electron chi connectivity index (χ3n) is 3.75. The molecule has 0 fully saturated rings. The van der Waals surface area contributed by atoms with Crippen LogP contribution in [0.5, 0.6) is 0 Å². The Morgan fingerprint density at radius 3 is 2.27 bits per heavy atom. The highest BCUT2D eigenvalue weighted by Gasteiger charge is 2.27. The van der Waals surface area contributed by atoms with Crippen molar-refractivity contribution in [1.82, 2.24) is 4.72 Å². The number of aryl methyl sites for hydroxylation is 1. The van der Waals surface area contributed by atoms with Crippen molar-refractivity contribution in [3.63, 3.8) is 0 Å². The van der Waals surface area contributed by atoms with E-state index < -0.39 is 22.0 Å². The van der Waals surface area contributed by atoms with Gasteiger partial charge < -0.3 is 5.32 Å². The third-order valence-corrected chi connectivity index (χ3v) is 6.57. The Kier molecular flexibility index (Phi) is 5.51. The quantitative estimate of drug-likeness (QED) is 0.678.